The molecule has 0 N–H and O–H groups in total. The molecule has 0 saturated carbocycles. The van der Waals surface area contributed by atoms with Crippen LogP contribution in [0.3, 0.4) is 0 Å². The van der Waals surface area contributed by atoms with Crippen LogP contribution >= 0.6 is 0 Å². The lowest BCUT2D eigenvalue weighted by molar-refractivity contribution is 0.0445. The molecule has 0 aliphatic heterocycles. The highest BCUT2D eigenvalue weighted by Gasteiger charge is 2.10. The minimum Gasteiger partial charge on any atom is -0.466 e. The third-order valence-electron chi connectivity index (χ3n) is 2.92. The van der Waals surface area contributed by atoms with E-state index in [4.69, 9.17) is 9.15 Å². The van der Waals surface area contributed by atoms with Crippen LogP contribution in [0.5, 0.6) is 0 Å². The van der Waals surface area contributed by atoms with Crippen LogP contribution < -0.4 is 0 Å². The molecule has 7 heteroatoms. The van der Waals surface area contributed by atoms with Crippen molar-refractivity contribution in [2.75, 3.05) is 0 Å². The van der Waals surface area contributed by atoms with Crippen LogP contribution in [-0.4, -0.2) is 26.2 Å². The molecule has 0 fully saturated rings. The van der Waals surface area contributed by atoms with Gasteiger partial charge in [-0.15, -0.1) is 5.10 Å². The maximum atomic E-state index is 11.9. The van der Waals surface area contributed by atoms with E-state index in [1.165, 1.54) is 6.26 Å². The summed E-state index contributed by atoms with van der Waals surface area (Å²) in [4.78, 5) is 11.9. The van der Waals surface area contributed by atoms with Crippen LogP contribution in [0.2, 0.25) is 0 Å². The minimum absolute atomic E-state index is 0.112. The summed E-state index contributed by atoms with van der Waals surface area (Å²) in [6.45, 7) is 0.112. The number of benzene rings is 1. The summed E-state index contributed by atoms with van der Waals surface area (Å²) in [7, 11) is 1.75. The van der Waals surface area contributed by atoms with E-state index in [-0.39, 0.29) is 6.61 Å². The van der Waals surface area contributed by atoms with Crippen LogP contribution in [0.15, 0.2) is 47.1 Å². The van der Waals surface area contributed by atoms with Gasteiger partial charge in [-0.05, 0) is 34.7 Å². The monoisotopic (exact) mass is 284 g/mol. The molecule has 7 nitrogen and oxygen atoms in total. The zero-order valence-electron chi connectivity index (χ0n) is 11.3. The molecule has 0 aliphatic carbocycles. The number of hydrogen-bond acceptors (Lipinski definition) is 6. The van der Waals surface area contributed by atoms with Gasteiger partial charge in [-0.3, -0.25) is 0 Å². The zero-order valence-corrected chi connectivity index (χ0v) is 11.3. The summed E-state index contributed by atoms with van der Waals surface area (Å²) in [6.07, 6.45) is 1.53. The Morgan fingerprint density at radius 3 is 2.71 bits per heavy atom. The quantitative estimate of drug-likeness (QED) is 0.680. The largest absolute Gasteiger partial charge is 0.466 e. The number of ether oxygens (including phenoxy) is 1. The Morgan fingerprint density at radius 1 is 1.29 bits per heavy atom. The highest BCUT2D eigenvalue weighted by molar-refractivity contribution is 5.89. The van der Waals surface area contributed by atoms with Crippen molar-refractivity contribution in [3.05, 3.63) is 54.0 Å². The molecule has 0 unspecified atom stereocenters. The summed E-state index contributed by atoms with van der Waals surface area (Å²) in [6, 6.07) is 10.4. The standard InChI is InChI=1S/C14H12N4O3/c1-18-13(15-16-17-18)10-4-6-11(7-5-10)14(19)21-9-12-3-2-8-20-12/h2-8H,9H2,1H3. The Kier molecular flexibility index (Phi) is 3.46. The van der Waals surface area contributed by atoms with Gasteiger partial charge >= 0.3 is 5.97 Å². The van der Waals surface area contributed by atoms with Crippen molar-refractivity contribution in [3.63, 3.8) is 0 Å². The van der Waals surface area contributed by atoms with E-state index < -0.39 is 5.97 Å². The van der Waals surface area contributed by atoms with E-state index in [1.54, 1.807) is 48.1 Å². The number of carbonyl (C=O) groups excluding carboxylic acids is 1. The van der Waals surface area contributed by atoms with Gasteiger partial charge in [0.25, 0.3) is 0 Å². The Labute approximate surface area is 120 Å². The van der Waals surface area contributed by atoms with Gasteiger partial charge in [0.15, 0.2) is 5.82 Å². The Bertz CT molecular complexity index is 732. The van der Waals surface area contributed by atoms with Crippen molar-refractivity contribution < 1.29 is 13.9 Å². The van der Waals surface area contributed by atoms with E-state index in [0.29, 0.717) is 17.1 Å². The predicted molar refractivity (Wildman–Crippen MR) is 72.1 cm³/mol. The van der Waals surface area contributed by atoms with Gasteiger partial charge in [-0.2, -0.15) is 0 Å². The van der Waals surface area contributed by atoms with Gasteiger partial charge in [0.2, 0.25) is 0 Å². The molecule has 0 atom stereocenters. The summed E-state index contributed by atoms with van der Waals surface area (Å²) in [5.41, 5.74) is 1.28. The number of hydrogen-bond donors (Lipinski definition) is 0. The molecular weight excluding hydrogens is 272 g/mol. The fourth-order valence-electron chi connectivity index (χ4n) is 1.84. The van der Waals surface area contributed by atoms with Gasteiger partial charge in [-0.1, -0.05) is 12.1 Å². The number of esters is 1. The average Bonchev–Trinajstić information content (AvgIpc) is 3.16. The van der Waals surface area contributed by atoms with Crippen LogP contribution in [0.4, 0.5) is 0 Å². The summed E-state index contributed by atoms with van der Waals surface area (Å²) in [5.74, 6) is 0.824. The van der Waals surface area contributed by atoms with Gasteiger partial charge < -0.3 is 9.15 Å². The Hall–Kier alpha value is -2.96. The predicted octanol–water partition coefficient (Wildman–Crippen LogP) is 1.83. The lowest BCUT2D eigenvalue weighted by Gasteiger charge is -2.04. The SMILES string of the molecule is Cn1nnnc1-c1ccc(C(=O)OCc2ccco2)cc1. The van der Waals surface area contributed by atoms with Gasteiger partial charge in [0.05, 0.1) is 11.8 Å². The normalized spacial score (nSPS) is 10.5. The van der Waals surface area contributed by atoms with Gasteiger partial charge in [0, 0.05) is 12.6 Å². The van der Waals surface area contributed by atoms with Crippen molar-refractivity contribution in [1.29, 1.82) is 0 Å². The van der Waals surface area contributed by atoms with Crippen LogP contribution in [-0.2, 0) is 18.4 Å². The van der Waals surface area contributed by atoms with Crippen molar-refractivity contribution in [2.45, 2.75) is 6.61 Å². The van der Waals surface area contributed by atoms with Crippen LogP contribution in [0.25, 0.3) is 11.4 Å². The molecule has 21 heavy (non-hydrogen) atoms. The van der Waals surface area contributed by atoms with E-state index in [9.17, 15) is 4.79 Å². The second-order valence-electron chi connectivity index (χ2n) is 4.36. The van der Waals surface area contributed by atoms with Crippen LogP contribution in [0, 0.1) is 0 Å². The highest BCUT2D eigenvalue weighted by Crippen LogP contribution is 2.16. The Morgan fingerprint density at radius 2 is 2.10 bits per heavy atom. The number of aryl methyl sites for hydroxylation is 1. The first kappa shape index (κ1) is 13.0. The molecule has 1 aromatic carbocycles. The number of nitrogens with zero attached hydrogens (tertiary/aromatic N) is 4. The highest BCUT2D eigenvalue weighted by atomic mass is 16.5. The molecule has 106 valence electrons. The van der Waals surface area contributed by atoms with Crippen molar-refractivity contribution in [1.82, 2.24) is 20.2 Å². The molecule has 3 aromatic rings. The molecular formula is C14H12N4O3. The summed E-state index contributed by atoms with van der Waals surface area (Å²) >= 11 is 0. The second-order valence-corrected chi connectivity index (χ2v) is 4.36. The molecule has 0 radical (unpaired) electrons. The molecule has 2 aromatic heterocycles. The number of aromatic nitrogens is 4. The molecule has 0 amide bonds. The second kappa shape index (κ2) is 5.58. The summed E-state index contributed by atoms with van der Waals surface area (Å²) < 4.78 is 11.8. The molecule has 0 spiro atoms. The van der Waals surface area contributed by atoms with Crippen LogP contribution in [0.1, 0.15) is 16.1 Å². The molecule has 2 heterocycles. The first-order chi connectivity index (χ1) is 10.2. The molecule has 3 rings (SSSR count). The molecule has 0 aliphatic rings. The third-order valence-corrected chi connectivity index (χ3v) is 2.92. The smallest absolute Gasteiger partial charge is 0.338 e. The number of carbonyl (C=O) groups is 1. The average molecular weight is 284 g/mol. The fourth-order valence-corrected chi connectivity index (χ4v) is 1.84. The van der Waals surface area contributed by atoms with E-state index >= 15 is 0 Å². The maximum Gasteiger partial charge on any atom is 0.338 e. The zero-order chi connectivity index (χ0) is 14.7. The van der Waals surface area contributed by atoms with Crippen molar-refractivity contribution >= 4 is 5.97 Å². The van der Waals surface area contributed by atoms with Crippen molar-refractivity contribution in [3.8, 4) is 11.4 Å². The van der Waals surface area contributed by atoms with E-state index in [0.717, 1.165) is 5.56 Å². The topological polar surface area (TPSA) is 83.0 Å². The third kappa shape index (κ3) is 2.81. The van der Waals surface area contributed by atoms with Crippen molar-refractivity contribution in [2.24, 2.45) is 7.05 Å². The Balaban J connectivity index is 1.69. The number of furan rings is 1. The first-order valence-electron chi connectivity index (χ1n) is 6.26. The number of rotatable bonds is 4. The summed E-state index contributed by atoms with van der Waals surface area (Å²) in [5, 5.41) is 11.2. The lowest BCUT2D eigenvalue weighted by Crippen LogP contribution is -2.04. The maximum absolute atomic E-state index is 11.9. The molecule has 0 bridgehead atoms. The lowest BCUT2D eigenvalue weighted by atomic mass is 10.1. The fraction of sp³-hybridized carbons (Fsp3) is 0.143. The van der Waals surface area contributed by atoms with Gasteiger partial charge in [-0.25, -0.2) is 9.48 Å². The van der Waals surface area contributed by atoms with E-state index in [2.05, 4.69) is 15.5 Å². The minimum atomic E-state index is -0.408. The first-order valence-corrected chi connectivity index (χ1v) is 6.26. The van der Waals surface area contributed by atoms with Gasteiger partial charge in [0.1, 0.15) is 12.4 Å². The van der Waals surface area contributed by atoms with E-state index in [1.807, 2.05) is 0 Å². The number of tetrazole rings is 1. The molecule has 0 saturated heterocycles.